The van der Waals surface area contributed by atoms with Crippen molar-refractivity contribution >= 4 is 23.2 Å². The van der Waals surface area contributed by atoms with Gasteiger partial charge in [0.15, 0.2) is 0 Å². The van der Waals surface area contributed by atoms with Gasteiger partial charge in [-0.3, -0.25) is 4.79 Å². The van der Waals surface area contributed by atoms with Gasteiger partial charge in [-0.2, -0.15) is 0 Å². The lowest BCUT2D eigenvalue weighted by Crippen LogP contribution is -2.53. The molecule has 1 aromatic rings. The van der Waals surface area contributed by atoms with E-state index in [2.05, 4.69) is 5.32 Å². The minimum Gasteiger partial charge on any atom is -0.467 e. The summed E-state index contributed by atoms with van der Waals surface area (Å²) in [5.74, 6) is -0.553. The summed E-state index contributed by atoms with van der Waals surface area (Å²) in [4.78, 5) is 24.6. The van der Waals surface area contributed by atoms with Gasteiger partial charge in [-0.05, 0) is 24.8 Å². The molecule has 0 saturated carbocycles. The summed E-state index contributed by atoms with van der Waals surface area (Å²) < 4.78 is 4.75. The molecule has 0 aliphatic heterocycles. The standard InChI is InChI=1S/C13H19NO3S/c1-4-7-13(2,12(16)17-3)14-11(15)9-10-6-5-8-18-10/h5-6,8H,4,7,9H2,1-3H3,(H,14,15). The van der Waals surface area contributed by atoms with Crippen molar-refractivity contribution in [1.29, 1.82) is 0 Å². The molecule has 1 aromatic heterocycles. The fourth-order valence-electron chi connectivity index (χ4n) is 1.86. The normalized spacial score (nSPS) is 13.7. The summed E-state index contributed by atoms with van der Waals surface area (Å²) in [6.45, 7) is 3.67. The Kier molecular flexibility index (Phi) is 5.34. The van der Waals surface area contributed by atoms with Gasteiger partial charge < -0.3 is 10.1 Å². The second-order valence-electron chi connectivity index (χ2n) is 4.38. The van der Waals surface area contributed by atoms with E-state index < -0.39 is 11.5 Å². The summed E-state index contributed by atoms with van der Waals surface area (Å²) in [7, 11) is 1.33. The average Bonchev–Trinajstić information content (AvgIpc) is 2.80. The van der Waals surface area contributed by atoms with Crippen LogP contribution in [0.3, 0.4) is 0 Å². The lowest BCUT2D eigenvalue weighted by molar-refractivity contribution is -0.150. The Balaban J connectivity index is 2.66. The van der Waals surface area contributed by atoms with E-state index in [1.54, 1.807) is 6.92 Å². The molecule has 5 heteroatoms. The molecule has 1 rings (SSSR count). The fraction of sp³-hybridized carbons (Fsp3) is 0.538. The third-order valence-electron chi connectivity index (χ3n) is 2.72. The minimum absolute atomic E-state index is 0.154. The highest BCUT2D eigenvalue weighted by Gasteiger charge is 2.34. The molecule has 18 heavy (non-hydrogen) atoms. The molecule has 1 N–H and O–H groups in total. The van der Waals surface area contributed by atoms with Crippen molar-refractivity contribution < 1.29 is 14.3 Å². The van der Waals surface area contributed by atoms with E-state index in [0.29, 0.717) is 12.8 Å². The van der Waals surface area contributed by atoms with Crippen molar-refractivity contribution in [1.82, 2.24) is 5.32 Å². The highest BCUT2D eigenvalue weighted by atomic mass is 32.1. The second kappa shape index (κ2) is 6.54. The number of carbonyl (C=O) groups excluding carboxylic acids is 2. The first-order valence-corrected chi connectivity index (χ1v) is 6.81. The molecule has 0 spiro atoms. The molecule has 100 valence electrons. The number of hydrogen-bond donors (Lipinski definition) is 1. The van der Waals surface area contributed by atoms with Crippen LogP contribution in [0.5, 0.6) is 0 Å². The number of rotatable bonds is 6. The van der Waals surface area contributed by atoms with Crippen molar-refractivity contribution in [3.05, 3.63) is 22.4 Å². The number of carbonyl (C=O) groups is 2. The lowest BCUT2D eigenvalue weighted by atomic mass is 9.96. The molecule has 0 saturated heterocycles. The van der Waals surface area contributed by atoms with Gasteiger partial charge in [0.05, 0.1) is 13.5 Å². The first-order valence-electron chi connectivity index (χ1n) is 5.93. The molecule has 0 aliphatic carbocycles. The van der Waals surface area contributed by atoms with Gasteiger partial charge in [0.1, 0.15) is 5.54 Å². The predicted octanol–water partition coefficient (Wildman–Crippen LogP) is 2.14. The van der Waals surface area contributed by atoms with Crippen LogP contribution in [-0.4, -0.2) is 24.5 Å². The molecular weight excluding hydrogens is 250 g/mol. The monoisotopic (exact) mass is 269 g/mol. The summed E-state index contributed by atoms with van der Waals surface area (Å²) in [6, 6.07) is 3.80. The Morgan fingerprint density at radius 3 is 2.72 bits per heavy atom. The average molecular weight is 269 g/mol. The molecule has 1 heterocycles. The summed E-state index contributed by atoms with van der Waals surface area (Å²) in [5, 5.41) is 4.70. The third kappa shape index (κ3) is 3.84. The van der Waals surface area contributed by atoms with Crippen LogP contribution < -0.4 is 5.32 Å². The first kappa shape index (κ1) is 14.7. The molecule has 0 radical (unpaired) electrons. The summed E-state index contributed by atoms with van der Waals surface area (Å²) in [6.07, 6.45) is 1.66. The largest absolute Gasteiger partial charge is 0.467 e. The molecule has 0 bridgehead atoms. The van der Waals surface area contributed by atoms with Gasteiger partial charge in [0, 0.05) is 4.88 Å². The number of nitrogens with one attached hydrogen (secondary N) is 1. The van der Waals surface area contributed by atoms with Crippen molar-refractivity contribution in [3.63, 3.8) is 0 Å². The predicted molar refractivity (Wildman–Crippen MR) is 71.5 cm³/mol. The van der Waals surface area contributed by atoms with Crippen LogP contribution in [0.25, 0.3) is 0 Å². The molecule has 1 atom stereocenters. The molecule has 0 aliphatic rings. The maximum absolute atomic E-state index is 11.9. The highest BCUT2D eigenvalue weighted by molar-refractivity contribution is 7.10. The lowest BCUT2D eigenvalue weighted by Gasteiger charge is -2.27. The van der Waals surface area contributed by atoms with Crippen molar-refractivity contribution in [3.8, 4) is 0 Å². The van der Waals surface area contributed by atoms with Gasteiger partial charge in [-0.1, -0.05) is 19.4 Å². The molecule has 1 unspecified atom stereocenters. The van der Waals surface area contributed by atoms with Crippen LogP contribution in [0.4, 0.5) is 0 Å². The highest BCUT2D eigenvalue weighted by Crippen LogP contribution is 2.16. The number of amides is 1. The van der Waals surface area contributed by atoms with Gasteiger partial charge in [0.25, 0.3) is 0 Å². The van der Waals surface area contributed by atoms with Crippen LogP contribution in [0.1, 0.15) is 31.6 Å². The second-order valence-corrected chi connectivity index (χ2v) is 5.41. The van der Waals surface area contributed by atoms with Crippen LogP contribution in [0.2, 0.25) is 0 Å². The van der Waals surface area contributed by atoms with Crippen LogP contribution >= 0.6 is 11.3 Å². The third-order valence-corrected chi connectivity index (χ3v) is 3.59. The quantitative estimate of drug-likeness (QED) is 0.805. The fourth-order valence-corrected chi connectivity index (χ4v) is 2.57. The van der Waals surface area contributed by atoms with E-state index in [1.807, 2.05) is 24.4 Å². The maximum atomic E-state index is 11.9. The van der Waals surface area contributed by atoms with E-state index >= 15 is 0 Å². The molecule has 4 nitrogen and oxygen atoms in total. The van der Waals surface area contributed by atoms with Crippen LogP contribution in [0, 0.1) is 0 Å². The van der Waals surface area contributed by atoms with Crippen molar-refractivity contribution in [2.45, 2.75) is 38.6 Å². The zero-order valence-electron chi connectivity index (χ0n) is 11.0. The van der Waals surface area contributed by atoms with Crippen molar-refractivity contribution in [2.24, 2.45) is 0 Å². The zero-order chi connectivity index (χ0) is 13.6. The van der Waals surface area contributed by atoms with Gasteiger partial charge in [0.2, 0.25) is 5.91 Å². The van der Waals surface area contributed by atoms with E-state index in [-0.39, 0.29) is 5.91 Å². The molecule has 0 fully saturated rings. The van der Waals surface area contributed by atoms with Crippen LogP contribution in [0.15, 0.2) is 17.5 Å². The first-order chi connectivity index (χ1) is 8.51. The molecule has 0 aromatic carbocycles. The Bertz CT molecular complexity index is 402. The SMILES string of the molecule is CCCC(C)(NC(=O)Cc1cccs1)C(=O)OC. The molecular formula is C13H19NO3S. The number of thiophene rings is 1. The van der Waals surface area contributed by atoms with Gasteiger partial charge in [-0.15, -0.1) is 11.3 Å². The molecule has 1 amide bonds. The zero-order valence-corrected chi connectivity index (χ0v) is 11.8. The minimum atomic E-state index is -0.933. The summed E-state index contributed by atoms with van der Waals surface area (Å²) >= 11 is 1.53. The Labute approximate surface area is 111 Å². The van der Waals surface area contributed by atoms with Crippen molar-refractivity contribution in [2.75, 3.05) is 7.11 Å². The Morgan fingerprint density at radius 1 is 1.50 bits per heavy atom. The van der Waals surface area contributed by atoms with Gasteiger partial charge in [-0.25, -0.2) is 4.79 Å². The van der Waals surface area contributed by atoms with E-state index in [4.69, 9.17) is 4.74 Å². The smallest absolute Gasteiger partial charge is 0.331 e. The number of ether oxygens (including phenoxy) is 1. The Hall–Kier alpha value is -1.36. The Morgan fingerprint density at radius 2 is 2.22 bits per heavy atom. The number of hydrogen-bond acceptors (Lipinski definition) is 4. The maximum Gasteiger partial charge on any atom is 0.331 e. The van der Waals surface area contributed by atoms with Gasteiger partial charge >= 0.3 is 5.97 Å². The van der Waals surface area contributed by atoms with Crippen LogP contribution in [-0.2, 0) is 20.7 Å². The topological polar surface area (TPSA) is 55.4 Å². The number of methoxy groups -OCH3 is 1. The number of esters is 1. The van der Waals surface area contributed by atoms with E-state index in [9.17, 15) is 9.59 Å². The summed E-state index contributed by atoms with van der Waals surface area (Å²) in [5.41, 5.74) is -0.933. The van der Waals surface area contributed by atoms with E-state index in [1.165, 1.54) is 18.4 Å². The van der Waals surface area contributed by atoms with E-state index in [0.717, 1.165) is 11.3 Å².